The molecule has 0 aliphatic heterocycles. The van der Waals surface area contributed by atoms with Crippen molar-refractivity contribution >= 4 is 40.4 Å². The van der Waals surface area contributed by atoms with Gasteiger partial charge < -0.3 is 19.5 Å². The Morgan fingerprint density at radius 2 is 1.81 bits per heavy atom. The lowest BCUT2D eigenvalue weighted by Crippen LogP contribution is -2.26. The number of nitrogens with one attached hydrogen (secondary N) is 1. The molecular formula is C19H21Cl2NO3S. The maximum Gasteiger partial charge on any atom is 0.161 e. The number of ether oxygens (including phenoxy) is 3. The Kier molecular flexibility index (Phi) is 8.45. The number of methoxy groups -OCH3 is 1. The minimum Gasteiger partial charge on any atom is -0.490 e. The van der Waals surface area contributed by atoms with Crippen LogP contribution in [-0.2, 0) is 11.3 Å². The van der Waals surface area contributed by atoms with E-state index in [0.29, 0.717) is 46.3 Å². The Hall–Kier alpha value is -1.53. The van der Waals surface area contributed by atoms with Crippen LogP contribution in [0.3, 0.4) is 0 Å². The average molecular weight is 414 g/mol. The first kappa shape index (κ1) is 20.8. The molecule has 0 aromatic heterocycles. The highest BCUT2D eigenvalue weighted by Gasteiger charge is 2.12. The van der Waals surface area contributed by atoms with Gasteiger partial charge in [0.1, 0.15) is 11.6 Å². The van der Waals surface area contributed by atoms with Crippen LogP contribution in [0.1, 0.15) is 18.1 Å². The second kappa shape index (κ2) is 10.6. The largest absolute Gasteiger partial charge is 0.490 e. The van der Waals surface area contributed by atoms with Gasteiger partial charge in [-0.15, -0.1) is 0 Å². The summed E-state index contributed by atoms with van der Waals surface area (Å²) in [5, 5.41) is 4.27. The average Bonchev–Trinajstić information content (AvgIpc) is 2.62. The molecular weight excluding hydrogens is 393 g/mol. The molecule has 0 fully saturated rings. The maximum atomic E-state index is 6.19. The van der Waals surface area contributed by atoms with Gasteiger partial charge in [0.05, 0.1) is 13.2 Å². The quantitative estimate of drug-likeness (QED) is 0.468. The molecule has 0 amide bonds. The first-order chi connectivity index (χ1) is 12.6. The molecule has 0 spiro atoms. The lowest BCUT2D eigenvalue weighted by Gasteiger charge is -2.15. The lowest BCUT2D eigenvalue weighted by molar-refractivity contribution is 0.204. The van der Waals surface area contributed by atoms with Gasteiger partial charge in [-0.2, -0.15) is 0 Å². The summed E-state index contributed by atoms with van der Waals surface area (Å²) in [5.74, 6) is 1.22. The summed E-state index contributed by atoms with van der Waals surface area (Å²) in [7, 11) is 1.65. The highest BCUT2D eigenvalue weighted by molar-refractivity contribution is 7.80. The maximum absolute atomic E-state index is 6.19. The van der Waals surface area contributed by atoms with E-state index in [0.717, 1.165) is 11.1 Å². The van der Waals surface area contributed by atoms with Gasteiger partial charge in [-0.05, 0) is 37.3 Å². The molecule has 0 aliphatic carbocycles. The number of hydrogen-bond acceptors (Lipinski definition) is 4. The first-order valence-electron chi connectivity index (χ1n) is 8.16. The van der Waals surface area contributed by atoms with Crippen LogP contribution in [0.2, 0.25) is 10.0 Å². The van der Waals surface area contributed by atoms with Crippen molar-refractivity contribution in [3.05, 3.63) is 57.6 Å². The Bertz CT molecular complexity index is 735. The van der Waals surface area contributed by atoms with Crippen LogP contribution in [-0.4, -0.2) is 31.9 Å². The summed E-state index contributed by atoms with van der Waals surface area (Å²) < 4.78 is 16.6. The van der Waals surface area contributed by atoms with E-state index in [-0.39, 0.29) is 6.61 Å². The van der Waals surface area contributed by atoms with Gasteiger partial charge in [0.2, 0.25) is 0 Å². The molecule has 0 aliphatic rings. The summed E-state index contributed by atoms with van der Waals surface area (Å²) >= 11 is 17.8. The minimum absolute atomic E-state index is 0.245. The summed E-state index contributed by atoms with van der Waals surface area (Å²) in [6, 6.07) is 10.9. The monoisotopic (exact) mass is 413 g/mol. The van der Waals surface area contributed by atoms with Gasteiger partial charge in [0.15, 0.2) is 11.5 Å². The third-order valence-electron chi connectivity index (χ3n) is 3.53. The molecule has 2 aromatic carbocycles. The van der Waals surface area contributed by atoms with Gasteiger partial charge in [-0.25, -0.2) is 0 Å². The molecule has 2 aromatic rings. The molecule has 7 heteroatoms. The zero-order valence-corrected chi connectivity index (χ0v) is 17.0. The minimum atomic E-state index is 0.245. The summed E-state index contributed by atoms with van der Waals surface area (Å²) in [6.45, 7) is 3.89. The van der Waals surface area contributed by atoms with Crippen LogP contribution in [0.5, 0.6) is 11.5 Å². The van der Waals surface area contributed by atoms with E-state index >= 15 is 0 Å². The van der Waals surface area contributed by atoms with Crippen LogP contribution in [0, 0.1) is 0 Å². The van der Waals surface area contributed by atoms with E-state index in [9.17, 15) is 0 Å². The SMILES string of the molecule is CCOc1cc(C(=S)NCCOC)ccc1OCc1c(Cl)cccc1Cl. The Balaban J connectivity index is 2.14. The van der Waals surface area contributed by atoms with Gasteiger partial charge in [0, 0.05) is 34.8 Å². The fraction of sp³-hybridized carbons (Fsp3) is 0.316. The van der Waals surface area contributed by atoms with E-state index in [2.05, 4.69) is 5.32 Å². The zero-order chi connectivity index (χ0) is 18.9. The molecule has 0 saturated heterocycles. The molecule has 140 valence electrons. The number of hydrogen-bond donors (Lipinski definition) is 1. The summed E-state index contributed by atoms with van der Waals surface area (Å²) in [6.07, 6.45) is 0. The van der Waals surface area contributed by atoms with Crippen LogP contribution in [0.4, 0.5) is 0 Å². The van der Waals surface area contributed by atoms with Crippen molar-refractivity contribution < 1.29 is 14.2 Å². The molecule has 26 heavy (non-hydrogen) atoms. The van der Waals surface area contributed by atoms with E-state index in [1.54, 1.807) is 25.3 Å². The molecule has 0 unspecified atom stereocenters. The molecule has 0 radical (unpaired) electrons. The van der Waals surface area contributed by atoms with Crippen LogP contribution >= 0.6 is 35.4 Å². The smallest absolute Gasteiger partial charge is 0.161 e. The van der Waals surface area contributed by atoms with Crippen molar-refractivity contribution in [2.75, 3.05) is 26.9 Å². The Morgan fingerprint density at radius 3 is 2.46 bits per heavy atom. The normalized spacial score (nSPS) is 10.5. The molecule has 0 atom stereocenters. The van der Waals surface area contributed by atoms with Crippen LogP contribution < -0.4 is 14.8 Å². The zero-order valence-electron chi connectivity index (χ0n) is 14.7. The highest BCUT2D eigenvalue weighted by atomic mass is 35.5. The number of thiocarbonyl (C=S) groups is 1. The highest BCUT2D eigenvalue weighted by Crippen LogP contribution is 2.31. The van der Waals surface area contributed by atoms with Crippen LogP contribution in [0.25, 0.3) is 0 Å². The van der Waals surface area contributed by atoms with E-state index in [4.69, 9.17) is 49.6 Å². The van der Waals surface area contributed by atoms with Crippen molar-refractivity contribution in [2.45, 2.75) is 13.5 Å². The number of rotatable bonds is 9. The molecule has 1 N–H and O–H groups in total. The molecule has 4 nitrogen and oxygen atoms in total. The molecule has 0 bridgehead atoms. The Labute approximate surface area is 169 Å². The molecule has 2 rings (SSSR count). The van der Waals surface area contributed by atoms with Crippen molar-refractivity contribution in [3.8, 4) is 11.5 Å². The second-order valence-electron chi connectivity index (χ2n) is 5.33. The van der Waals surface area contributed by atoms with E-state index < -0.39 is 0 Å². The number of halogens is 2. The topological polar surface area (TPSA) is 39.7 Å². The third kappa shape index (κ3) is 5.74. The van der Waals surface area contributed by atoms with Crippen molar-refractivity contribution in [3.63, 3.8) is 0 Å². The predicted octanol–water partition coefficient (Wildman–Crippen LogP) is 4.88. The van der Waals surface area contributed by atoms with Crippen molar-refractivity contribution in [2.24, 2.45) is 0 Å². The van der Waals surface area contributed by atoms with Gasteiger partial charge in [-0.3, -0.25) is 0 Å². The van der Waals surface area contributed by atoms with Gasteiger partial charge >= 0.3 is 0 Å². The van der Waals surface area contributed by atoms with E-state index in [1.165, 1.54) is 0 Å². The first-order valence-corrected chi connectivity index (χ1v) is 9.33. The summed E-state index contributed by atoms with van der Waals surface area (Å²) in [5.41, 5.74) is 1.58. The fourth-order valence-electron chi connectivity index (χ4n) is 2.23. The predicted molar refractivity (Wildman–Crippen MR) is 110 cm³/mol. The molecule has 0 heterocycles. The van der Waals surface area contributed by atoms with E-state index in [1.807, 2.05) is 25.1 Å². The number of benzene rings is 2. The lowest BCUT2D eigenvalue weighted by atomic mass is 10.2. The van der Waals surface area contributed by atoms with Gasteiger partial charge in [0.25, 0.3) is 0 Å². The molecule has 0 saturated carbocycles. The Morgan fingerprint density at radius 1 is 1.08 bits per heavy atom. The second-order valence-corrected chi connectivity index (χ2v) is 6.55. The van der Waals surface area contributed by atoms with Crippen molar-refractivity contribution in [1.82, 2.24) is 5.32 Å². The van der Waals surface area contributed by atoms with Gasteiger partial charge in [-0.1, -0.05) is 41.5 Å². The third-order valence-corrected chi connectivity index (χ3v) is 4.62. The fourth-order valence-corrected chi connectivity index (χ4v) is 2.96. The van der Waals surface area contributed by atoms with Crippen molar-refractivity contribution in [1.29, 1.82) is 0 Å². The standard InChI is InChI=1S/C19H21Cl2NO3S/c1-3-24-18-11-13(19(26)22-9-10-23-2)7-8-17(18)25-12-14-15(20)5-4-6-16(14)21/h4-8,11H,3,9-10,12H2,1-2H3,(H,22,26). The van der Waals surface area contributed by atoms with Crippen LogP contribution in [0.15, 0.2) is 36.4 Å². The summed E-state index contributed by atoms with van der Waals surface area (Å²) in [4.78, 5) is 0.628.